The average Bonchev–Trinajstić information content (AvgIpc) is 2.89. The molecule has 1 atom stereocenters. The zero-order valence-electron chi connectivity index (χ0n) is 12.1. The van der Waals surface area contributed by atoms with E-state index in [1.807, 2.05) is 6.07 Å². The number of rotatable bonds is 5. The molecule has 0 aromatic heterocycles. The monoisotopic (exact) mass is 355 g/mol. The normalized spacial score (nSPS) is 18.8. The number of halogens is 1. The molecule has 2 N–H and O–H groups in total. The first-order valence-corrected chi connectivity index (χ1v) is 8.35. The molecule has 0 saturated carbocycles. The fraction of sp³-hybridized carbons (Fsp3) is 0.533. The molecule has 1 aliphatic heterocycles. The number of hydrogen-bond donors (Lipinski definition) is 1. The third-order valence-corrected chi connectivity index (χ3v) is 4.95. The maximum Gasteiger partial charge on any atom is 0.105 e. The highest BCUT2D eigenvalue weighted by Crippen LogP contribution is 2.28. The number of thiocarbonyl (C=S) groups is 1. The van der Waals surface area contributed by atoms with E-state index < -0.39 is 0 Å². The van der Waals surface area contributed by atoms with Crippen LogP contribution in [0.1, 0.15) is 25.8 Å². The van der Waals surface area contributed by atoms with E-state index in [9.17, 15) is 0 Å². The summed E-state index contributed by atoms with van der Waals surface area (Å²) >= 11 is 8.60. The van der Waals surface area contributed by atoms with Gasteiger partial charge in [0.2, 0.25) is 0 Å². The van der Waals surface area contributed by atoms with Crippen LogP contribution in [0.25, 0.3) is 0 Å². The van der Waals surface area contributed by atoms with E-state index in [1.165, 1.54) is 12.1 Å². The summed E-state index contributed by atoms with van der Waals surface area (Å²) in [4.78, 5) is 5.42. The first kappa shape index (κ1) is 15.7. The second-order valence-corrected chi connectivity index (χ2v) is 6.43. The van der Waals surface area contributed by atoms with Gasteiger partial charge in [0.25, 0.3) is 0 Å². The van der Waals surface area contributed by atoms with Crippen LogP contribution in [-0.4, -0.2) is 42.1 Å². The maximum absolute atomic E-state index is 5.70. The highest BCUT2D eigenvalue weighted by molar-refractivity contribution is 9.10. The zero-order chi connectivity index (χ0) is 14.7. The molecule has 5 heteroatoms. The molecule has 1 saturated heterocycles. The molecular weight excluding hydrogens is 334 g/mol. The summed E-state index contributed by atoms with van der Waals surface area (Å²) in [6.07, 6.45) is 1.23. The van der Waals surface area contributed by atoms with Crippen LogP contribution < -0.4 is 10.6 Å². The summed E-state index contributed by atoms with van der Waals surface area (Å²) in [5.74, 6) is 0. The topological polar surface area (TPSA) is 32.5 Å². The third-order valence-electron chi connectivity index (χ3n) is 4.08. The summed E-state index contributed by atoms with van der Waals surface area (Å²) in [6.45, 7) is 8.93. The molecule has 1 aromatic carbocycles. The molecular formula is C15H22BrN3S. The van der Waals surface area contributed by atoms with E-state index in [0.29, 0.717) is 11.0 Å². The largest absolute Gasteiger partial charge is 0.389 e. The second kappa shape index (κ2) is 6.87. The van der Waals surface area contributed by atoms with E-state index in [1.54, 1.807) is 0 Å². The van der Waals surface area contributed by atoms with Crippen LogP contribution >= 0.6 is 28.1 Å². The van der Waals surface area contributed by atoms with Gasteiger partial charge in [-0.3, -0.25) is 4.90 Å². The average molecular weight is 356 g/mol. The van der Waals surface area contributed by atoms with Gasteiger partial charge in [0, 0.05) is 34.9 Å². The zero-order valence-corrected chi connectivity index (χ0v) is 14.5. The lowest BCUT2D eigenvalue weighted by Gasteiger charge is -2.26. The predicted octanol–water partition coefficient (Wildman–Crippen LogP) is 3.00. The highest BCUT2D eigenvalue weighted by atomic mass is 79.9. The van der Waals surface area contributed by atoms with Crippen molar-refractivity contribution in [2.24, 2.45) is 5.73 Å². The summed E-state index contributed by atoms with van der Waals surface area (Å²) in [5, 5.41) is 0. The van der Waals surface area contributed by atoms with Crippen molar-refractivity contribution in [3.8, 4) is 0 Å². The van der Waals surface area contributed by atoms with Gasteiger partial charge in [0.05, 0.1) is 0 Å². The standard InChI is InChI=1S/C15H22BrN3S/c1-3-18(4-2)12-7-8-19(10-12)11-5-6-13(15(17)20)14(16)9-11/h5-6,9,12H,3-4,7-8,10H2,1-2H3,(H2,17,20). The number of hydrogen-bond acceptors (Lipinski definition) is 3. The Kier molecular flexibility index (Phi) is 5.41. The molecule has 3 nitrogen and oxygen atoms in total. The van der Waals surface area contributed by atoms with Crippen molar-refractivity contribution >= 4 is 38.8 Å². The molecule has 1 aliphatic rings. The van der Waals surface area contributed by atoms with Crippen LogP contribution in [0, 0.1) is 0 Å². The molecule has 110 valence electrons. The molecule has 0 radical (unpaired) electrons. The molecule has 0 aliphatic carbocycles. The number of likely N-dealkylation sites (N-methyl/N-ethyl adjacent to an activating group) is 1. The Balaban J connectivity index is 2.10. The van der Waals surface area contributed by atoms with Crippen LogP contribution in [0.4, 0.5) is 5.69 Å². The SMILES string of the molecule is CCN(CC)C1CCN(c2ccc(C(N)=S)c(Br)c2)C1. The Morgan fingerprint density at radius 1 is 1.45 bits per heavy atom. The van der Waals surface area contributed by atoms with Gasteiger partial charge in [-0.05, 0) is 53.6 Å². The van der Waals surface area contributed by atoms with Crippen molar-refractivity contribution in [2.45, 2.75) is 26.3 Å². The fourth-order valence-corrected chi connectivity index (χ4v) is 3.80. The summed E-state index contributed by atoms with van der Waals surface area (Å²) in [6, 6.07) is 6.91. The van der Waals surface area contributed by atoms with Gasteiger partial charge in [-0.1, -0.05) is 26.1 Å². The van der Waals surface area contributed by atoms with E-state index >= 15 is 0 Å². The van der Waals surface area contributed by atoms with Crippen molar-refractivity contribution in [3.05, 3.63) is 28.2 Å². The minimum Gasteiger partial charge on any atom is -0.389 e. The Labute approximate surface area is 135 Å². The van der Waals surface area contributed by atoms with E-state index in [4.69, 9.17) is 18.0 Å². The first-order chi connectivity index (χ1) is 9.56. The maximum atomic E-state index is 5.70. The summed E-state index contributed by atoms with van der Waals surface area (Å²) in [7, 11) is 0. The van der Waals surface area contributed by atoms with E-state index in [-0.39, 0.29) is 0 Å². The van der Waals surface area contributed by atoms with E-state index in [0.717, 1.165) is 36.2 Å². The first-order valence-electron chi connectivity index (χ1n) is 7.15. The van der Waals surface area contributed by atoms with Gasteiger partial charge in [-0.25, -0.2) is 0 Å². The van der Waals surface area contributed by atoms with Crippen LogP contribution in [0.2, 0.25) is 0 Å². The van der Waals surface area contributed by atoms with Crippen molar-refractivity contribution in [3.63, 3.8) is 0 Å². The van der Waals surface area contributed by atoms with Crippen LogP contribution in [0.15, 0.2) is 22.7 Å². The lowest BCUT2D eigenvalue weighted by Crippen LogP contribution is -2.37. The molecule has 1 aromatic rings. The lowest BCUT2D eigenvalue weighted by atomic mass is 10.2. The molecule has 1 heterocycles. The van der Waals surface area contributed by atoms with Crippen molar-refractivity contribution < 1.29 is 0 Å². The second-order valence-electron chi connectivity index (χ2n) is 5.14. The molecule has 2 rings (SSSR count). The molecule has 20 heavy (non-hydrogen) atoms. The van der Waals surface area contributed by atoms with Gasteiger partial charge in [-0.15, -0.1) is 0 Å². The third kappa shape index (κ3) is 3.32. The minimum absolute atomic E-state index is 0.436. The summed E-state index contributed by atoms with van der Waals surface area (Å²) in [5.41, 5.74) is 7.85. The molecule has 1 unspecified atom stereocenters. The number of nitrogens with zero attached hydrogens (tertiary/aromatic N) is 2. The van der Waals surface area contributed by atoms with Crippen molar-refractivity contribution in [2.75, 3.05) is 31.1 Å². The molecule has 0 spiro atoms. The van der Waals surface area contributed by atoms with Gasteiger partial charge in [-0.2, -0.15) is 0 Å². The number of nitrogens with two attached hydrogens (primary N) is 1. The Bertz CT molecular complexity index is 488. The predicted molar refractivity (Wildman–Crippen MR) is 93.6 cm³/mol. The highest BCUT2D eigenvalue weighted by Gasteiger charge is 2.26. The van der Waals surface area contributed by atoms with Gasteiger partial charge in [0.15, 0.2) is 0 Å². The molecule has 0 bridgehead atoms. The fourth-order valence-electron chi connectivity index (χ4n) is 2.91. The Morgan fingerprint density at radius 3 is 2.70 bits per heavy atom. The smallest absolute Gasteiger partial charge is 0.105 e. The Morgan fingerprint density at radius 2 is 2.15 bits per heavy atom. The van der Waals surface area contributed by atoms with Crippen molar-refractivity contribution in [1.29, 1.82) is 0 Å². The van der Waals surface area contributed by atoms with E-state index in [2.05, 4.69) is 51.7 Å². The number of anilines is 1. The van der Waals surface area contributed by atoms with Gasteiger partial charge in [0.1, 0.15) is 4.99 Å². The van der Waals surface area contributed by atoms with Crippen LogP contribution in [0.5, 0.6) is 0 Å². The number of benzene rings is 1. The molecule has 0 amide bonds. The molecule has 1 fully saturated rings. The van der Waals surface area contributed by atoms with Gasteiger partial charge < -0.3 is 10.6 Å². The Hall–Kier alpha value is -0.650. The quantitative estimate of drug-likeness (QED) is 0.823. The van der Waals surface area contributed by atoms with Gasteiger partial charge >= 0.3 is 0 Å². The van der Waals surface area contributed by atoms with Crippen LogP contribution in [-0.2, 0) is 0 Å². The van der Waals surface area contributed by atoms with Crippen LogP contribution in [0.3, 0.4) is 0 Å². The van der Waals surface area contributed by atoms with Crippen molar-refractivity contribution in [1.82, 2.24) is 4.90 Å². The summed E-state index contributed by atoms with van der Waals surface area (Å²) < 4.78 is 0.980. The lowest BCUT2D eigenvalue weighted by molar-refractivity contribution is 0.232. The minimum atomic E-state index is 0.436.